The molecule has 22 heavy (non-hydrogen) atoms. The van der Waals surface area contributed by atoms with Crippen LogP contribution in [0.2, 0.25) is 0 Å². The molecule has 1 amide bonds. The molecular formula is C17H27ClN2O2. The van der Waals surface area contributed by atoms with Crippen molar-refractivity contribution < 1.29 is 9.53 Å². The highest BCUT2D eigenvalue weighted by atomic mass is 35.5. The zero-order chi connectivity index (χ0) is 14.9. The Kier molecular flexibility index (Phi) is 8.94. The summed E-state index contributed by atoms with van der Waals surface area (Å²) in [5, 5.41) is 6.35. The molecular weight excluding hydrogens is 300 g/mol. The van der Waals surface area contributed by atoms with Crippen LogP contribution >= 0.6 is 12.4 Å². The van der Waals surface area contributed by atoms with Crippen LogP contribution in [0.1, 0.15) is 38.2 Å². The summed E-state index contributed by atoms with van der Waals surface area (Å²) in [5.41, 5.74) is 1.08. The Morgan fingerprint density at radius 1 is 1.36 bits per heavy atom. The van der Waals surface area contributed by atoms with E-state index in [1.165, 1.54) is 12.8 Å². The first-order valence-electron chi connectivity index (χ1n) is 7.97. The van der Waals surface area contributed by atoms with Crippen LogP contribution in [0.15, 0.2) is 24.3 Å². The number of amides is 1. The fourth-order valence-electron chi connectivity index (χ4n) is 2.71. The van der Waals surface area contributed by atoms with Crippen LogP contribution < -0.4 is 15.4 Å². The van der Waals surface area contributed by atoms with Gasteiger partial charge in [-0.1, -0.05) is 12.1 Å². The van der Waals surface area contributed by atoms with E-state index in [1.807, 2.05) is 31.2 Å². The summed E-state index contributed by atoms with van der Waals surface area (Å²) < 4.78 is 5.46. The normalized spacial score (nSPS) is 15.0. The number of halogens is 1. The predicted molar refractivity (Wildman–Crippen MR) is 91.5 cm³/mol. The monoisotopic (exact) mass is 326 g/mol. The van der Waals surface area contributed by atoms with Crippen LogP contribution in [-0.2, 0) is 11.3 Å². The second-order valence-corrected chi connectivity index (χ2v) is 5.59. The molecule has 1 heterocycles. The molecule has 0 aliphatic carbocycles. The first-order valence-corrected chi connectivity index (χ1v) is 7.97. The Bertz CT molecular complexity index is 448. The van der Waals surface area contributed by atoms with Crippen molar-refractivity contribution in [1.82, 2.24) is 10.6 Å². The van der Waals surface area contributed by atoms with Crippen molar-refractivity contribution in [3.05, 3.63) is 29.8 Å². The number of ether oxygens (including phenoxy) is 1. The van der Waals surface area contributed by atoms with Crippen molar-refractivity contribution in [2.24, 2.45) is 5.92 Å². The van der Waals surface area contributed by atoms with Crippen molar-refractivity contribution in [1.29, 1.82) is 0 Å². The Morgan fingerprint density at radius 2 is 2.14 bits per heavy atom. The van der Waals surface area contributed by atoms with Gasteiger partial charge in [-0.3, -0.25) is 4.79 Å². The number of piperidine rings is 1. The number of hydrogen-bond donors (Lipinski definition) is 2. The SMILES string of the molecule is CCOc1cccc(CNC(=O)CCC2CCNCC2)c1.Cl. The minimum atomic E-state index is 0. The summed E-state index contributed by atoms with van der Waals surface area (Å²) in [6, 6.07) is 7.89. The Labute approximate surface area is 139 Å². The highest BCUT2D eigenvalue weighted by Crippen LogP contribution is 2.17. The highest BCUT2D eigenvalue weighted by molar-refractivity contribution is 5.85. The lowest BCUT2D eigenvalue weighted by Crippen LogP contribution is -2.29. The molecule has 0 atom stereocenters. The quantitative estimate of drug-likeness (QED) is 0.810. The summed E-state index contributed by atoms with van der Waals surface area (Å²) in [7, 11) is 0. The standard InChI is InChI=1S/C17H26N2O2.ClH/c1-2-21-16-5-3-4-15(12-16)13-19-17(20)7-6-14-8-10-18-11-9-14;/h3-5,12,14,18H,2,6-11,13H2,1H3,(H,19,20);1H. The van der Waals surface area contributed by atoms with E-state index in [0.717, 1.165) is 30.8 Å². The van der Waals surface area contributed by atoms with Gasteiger partial charge in [-0.2, -0.15) is 0 Å². The Hall–Kier alpha value is -1.26. The van der Waals surface area contributed by atoms with E-state index in [0.29, 0.717) is 25.5 Å². The average molecular weight is 327 g/mol. The maximum absolute atomic E-state index is 11.9. The van der Waals surface area contributed by atoms with Gasteiger partial charge in [0.25, 0.3) is 0 Å². The van der Waals surface area contributed by atoms with Crippen molar-refractivity contribution in [3.8, 4) is 5.75 Å². The second kappa shape index (κ2) is 10.5. The van der Waals surface area contributed by atoms with Crippen LogP contribution in [0.3, 0.4) is 0 Å². The molecule has 1 fully saturated rings. The van der Waals surface area contributed by atoms with Gasteiger partial charge >= 0.3 is 0 Å². The van der Waals surface area contributed by atoms with Crippen LogP contribution in [0.4, 0.5) is 0 Å². The topological polar surface area (TPSA) is 50.4 Å². The molecule has 0 bridgehead atoms. The first-order chi connectivity index (χ1) is 10.3. The smallest absolute Gasteiger partial charge is 0.220 e. The molecule has 1 aromatic carbocycles. The number of carbonyl (C=O) groups is 1. The number of benzene rings is 1. The number of carbonyl (C=O) groups excluding carboxylic acids is 1. The predicted octanol–water partition coefficient (Wildman–Crippen LogP) is 2.90. The third-order valence-electron chi connectivity index (χ3n) is 3.94. The van der Waals surface area contributed by atoms with Gasteiger partial charge < -0.3 is 15.4 Å². The Balaban J connectivity index is 0.00000242. The third-order valence-corrected chi connectivity index (χ3v) is 3.94. The van der Waals surface area contributed by atoms with Crippen LogP contribution in [0.5, 0.6) is 5.75 Å². The van der Waals surface area contributed by atoms with Crippen molar-refractivity contribution >= 4 is 18.3 Å². The molecule has 2 rings (SSSR count). The van der Waals surface area contributed by atoms with E-state index >= 15 is 0 Å². The van der Waals surface area contributed by atoms with E-state index in [-0.39, 0.29) is 18.3 Å². The van der Waals surface area contributed by atoms with Crippen molar-refractivity contribution in [3.63, 3.8) is 0 Å². The van der Waals surface area contributed by atoms with Crippen LogP contribution in [-0.4, -0.2) is 25.6 Å². The molecule has 1 aromatic rings. The van der Waals surface area contributed by atoms with Gasteiger partial charge in [-0.05, 0) is 62.9 Å². The van der Waals surface area contributed by atoms with Gasteiger partial charge in [0, 0.05) is 13.0 Å². The molecule has 124 valence electrons. The lowest BCUT2D eigenvalue weighted by atomic mass is 9.93. The molecule has 4 nitrogen and oxygen atoms in total. The molecule has 0 unspecified atom stereocenters. The molecule has 0 radical (unpaired) electrons. The fourth-order valence-corrected chi connectivity index (χ4v) is 2.71. The summed E-state index contributed by atoms with van der Waals surface area (Å²) in [6.45, 7) is 5.39. The number of nitrogens with one attached hydrogen (secondary N) is 2. The fraction of sp³-hybridized carbons (Fsp3) is 0.588. The van der Waals surface area contributed by atoms with E-state index < -0.39 is 0 Å². The average Bonchev–Trinajstić information content (AvgIpc) is 2.53. The molecule has 0 saturated carbocycles. The number of hydrogen-bond acceptors (Lipinski definition) is 3. The van der Waals surface area contributed by atoms with Gasteiger partial charge in [0.2, 0.25) is 5.91 Å². The third kappa shape index (κ3) is 6.67. The molecule has 0 aromatic heterocycles. The lowest BCUT2D eigenvalue weighted by molar-refractivity contribution is -0.121. The van der Waals surface area contributed by atoms with Gasteiger partial charge in [0.15, 0.2) is 0 Å². The summed E-state index contributed by atoms with van der Waals surface area (Å²) >= 11 is 0. The van der Waals surface area contributed by atoms with E-state index in [4.69, 9.17) is 4.74 Å². The zero-order valence-corrected chi connectivity index (χ0v) is 14.1. The van der Waals surface area contributed by atoms with E-state index in [1.54, 1.807) is 0 Å². The summed E-state index contributed by atoms with van der Waals surface area (Å²) in [5.74, 6) is 1.72. The van der Waals surface area contributed by atoms with Crippen molar-refractivity contribution in [2.45, 2.75) is 39.2 Å². The largest absolute Gasteiger partial charge is 0.494 e. The lowest BCUT2D eigenvalue weighted by Gasteiger charge is -2.22. The van der Waals surface area contributed by atoms with Gasteiger partial charge in [-0.25, -0.2) is 0 Å². The zero-order valence-electron chi connectivity index (χ0n) is 13.3. The maximum atomic E-state index is 11.9. The summed E-state index contributed by atoms with van der Waals surface area (Å²) in [4.78, 5) is 11.9. The maximum Gasteiger partial charge on any atom is 0.220 e. The van der Waals surface area contributed by atoms with Gasteiger partial charge in [0.05, 0.1) is 6.61 Å². The van der Waals surface area contributed by atoms with E-state index in [9.17, 15) is 4.79 Å². The first kappa shape index (κ1) is 18.8. The van der Waals surface area contributed by atoms with Gasteiger partial charge in [0.1, 0.15) is 5.75 Å². The molecule has 0 spiro atoms. The van der Waals surface area contributed by atoms with Crippen molar-refractivity contribution in [2.75, 3.05) is 19.7 Å². The Morgan fingerprint density at radius 3 is 2.86 bits per heavy atom. The van der Waals surface area contributed by atoms with Crippen LogP contribution in [0.25, 0.3) is 0 Å². The van der Waals surface area contributed by atoms with Gasteiger partial charge in [-0.15, -0.1) is 12.4 Å². The molecule has 1 aliphatic rings. The second-order valence-electron chi connectivity index (χ2n) is 5.59. The molecule has 1 aliphatic heterocycles. The molecule has 2 N–H and O–H groups in total. The summed E-state index contributed by atoms with van der Waals surface area (Å²) in [6.07, 6.45) is 4.04. The molecule has 1 saturated heterocycles. The number of rotatable bonds is 7. The van der Waals surface area contributed by atoms with E-state index in [2.05, 4.69) is 10.6 Å². The highest BCUT2D eigenvalue weighted by Gasteiger charge is 2.14. The molecule has 5 heteroatoms. The van der Waals surface area contributed by atoms with Crippen LogP contribution in [0, 0.1) is 5.92 Å². The minimum absolute atomic E-state index is 0. The minimum Gasteiger partial charge on any atom is -0.494 e.